The van der Waals surface area contributed by atoms with E-state index in [1.165, 1.54) is 25.2 Å². The number of aromatic nitrogens is 1. The lowest BCUT2D eigenvalue weighted by molar-refractivity contribution is 0.220. The van der Waals surface area contributed by atoms with Gasteiger partial charge in [0.25, 0.3) is 0 Å². The fourth-order valence-electron chi connectivity index (χ4n) is 0.772. The van der Waals surface area contributed by atoms with E-state index in [1.807, 2.05) is 6.92 Å². The lowest BCUT2D eigenvalue weighted by Crippen LogP contribution is -2.07. The maximum atomic E-state index is 13.3. The van der Waals surface area contributed by atoms with Gasteiger partial charge >= 0.3 is 0 Å². The van der Waals surface area contributed by atoms with Gasteiger partial charge in [0.15, 0.2) is 5.67 Å². The van der Waals surface area contributed by atoms with Crippen LogP contribution >= 0.6 is 11.3 Å². The highest BCUT2D eigenvalue weighted by molar-refractivity contribution is 7.11. The van der Waals surface area contributed by atoms with E-state index < -0.39 is 5.67 Å². The third-order valence-electron chi connectivity index (χ3n) is 1.48. The molecule has 0 spiro atoms. The molecule has 2 nitrogen and oxygen atoms in total. The normalized spacial score (nSPS) is 14.8. The van der Waals surface area contributed by atoms with Crippen LogP contribution in [0.5, 0.6) is 0 Å². The Balaban J connectivity index is 2.92. The summed E-state index contributed by atoms with van der Waals surface area (Å²) in [6, 6.07) is -0.0569. The standard InChI is InChI=1S/C8H13FN2S/c1-5(10)6-4-11-7(12-6)8(2,3)9/h4-5H,10H2,1-3H3. The van der Waals surface area contributed by atoms with Crippen LogP contribution in [0.4, 0.5) is 4.39 Å². The Morgan fingerprint density at radius 2 is 2.25 bits per heavy atom. The maximum Gasteiger partial charge on any atom is 0.156 e. The Hall–Kier alpha value is -0.480. The SMILES string of the molecule is CC(N)c1cnc(C(C)(C)F)s1. The number of hydrogen-bond acceptors (Lipinski definition) is 3. The van der Waals surface area contributed by atoms with E-state index in [0.717, 1.165) is 4.88 Å². The number of nitrogens with zero attached hydrogens (tertiary/aromatic N) is 1. The summed E-state index contributed by atoms with van der Waals surface area (Å²) in [4.78, 5) is 4.90. The van der Waals surface area contributed by atoms with Crippen LogP contribution in [-0.4, -0.2) is 4.98 Å². The van der Waals surface area contributed by atoms with Gasteiger partial charge in [-0.3, -0.25) is 0 Å². The van der Waals surface area contributed by atoms with Gasteiger partial charge in [0.05, 0.1) is 0 Å². The van der Waals surface area contributed by atoms with Crippen LogP contribution in [-0.2, 0) is 5.67 Å². The molecule has 0 amide bonds. The first kappa shape index (κ1) is 9.61. The molecule has 0 fully saturated rings. The zero-order valence-electron chi connectivity index (χ0n) is 7.47. The van der Waals surface area contributed by atoms with Crippen molar-refractivity contribution in [2.75, 3.05) is 0 Å². The largest absolute Gasteiger partial charge is 0.323 e. The van der Waals surface area contributed by atoms with Crippen LogP contribution in [0, 0.1) is 0 Å². The van der Waals surface area contributed by atoms with Crippen molar-refractivity contribution in [3.05, 3.63) is 16.1 Å². The summed E-state index contributed by atoms with van der Waals surface area (Å²) >= 11 is 1.34. The highest BCUT2D eigenvalue weighted by Gasteiger charge is 2.23. The maximum absolute atomic E-state index is 13.3. The van der Waals surface area contributed by atoms with Gasteiger partial charge in [-0.15, -0.1) is 11.3 Å². The highest BCUT2D eigenvalue weighted by atomic mass is 32.1. The number of hydrogen-bond donors (Lipinski definition) is 1. The summed E-state index contributed by atoms with van der Waals surface area (Å²) in [5.41, 5.74) is 4.27. The van der Waals surface area contributed by atoms with E-state index in [4.69, 9.17) is 5.73 Å². The molecule has 0 saturated carbocycles. The zero-order valence-corrected chi connectivity index (χ0v) is 8.28. The van der Waals surface area contributed by atoms with Crippen LogP contribution in [0.1, 0.15) is 36.7 Å². The van der Waals surface area contributed by atoms with Crippen LogP contribution in [0.25, 0.3) is 0 Å². The minimum absolute atomic E-state index is 0.0569. The van der Waals surface area contributed by atoms with Crippen molar-refractivity contribution in [1.82, 2.24) is 4.98 Å². The molecule has 1 heterocycles. The van der Waals surface area contributed by atoms with E-state index in [-0.39, 0.29) is 6.04 Å². The van der Waals surface area contributed by atoms with Crippen molar-refractivity contribution < 1.29 is 4.39 Å². The summed E-state index contributed by atoms with van der Waals surface area (Å²) in [5.74, 6) is 0. The van der Waals surface area contributed by atoms with Crippen molar-refractivity contribution in [1.29, 1.82) is 0 Å². The molecule has 1 rings (SSSR count). The highest BCUT2D eigenvalue weighted by Crippen LogP contribution is 2.30. The zero-order chi connectivity index (χ0) is 9.35. The minimum Gasteiger partial charge on any atom is -0.323 e. The van der Waals surface area contributed by atoms with E-state index in [1.54, 1.807) is 6.20 Å². The third-order valence-corrected chi connectivity index (χ3v) is 2.98. The summed E-state index contributed by atoms with van der Waals surface area (Å²) in [5, 5.41) is 0.495. The average Bonchev–Trinajstić information content (AvgIpc) is 2.30. The van der Waals surface area contributed by atoms with Gasteiger partial charge in [-0.1, -0.05) is 0 Å². The first-order valence-corrected chi connectivity index (χ1v) is 4.63. The summed E-state index contributed by atoms with van der Waals surface area (Å²) in [6.45, 7) is 4.86. The molecule has 0 saturated heterocycles. The first-order chi connectivity index (χ1) is 5.41. The Bertz CT molecular complexity index is 262. The quantitative estimate of drug-likeness (QED) is 0.773. The van der Waals surface area contributed by atoms with Gasteiger partial charge in [0.1, 0.15) is 5.01 Å². The molecule has 12 heavy (non-hydrogen) atoms. The number of thiazole rings is 1. The Morgan fingerprint density at radius 1 is 1.67 bits per heavy atom. The molecule has 0 aliphatic heterocycles. The number of nitrogens with two attached hydrogens (primary N) is 1. The van der Waals surface area contributed by atoms with Crippen LogP contribution < -0.4 is 5.73 Å². The van der Waals surface area contributed by atoms with Crippen molar-refractivity contribution in [3.63, 3.8) is 0 Å². The van der Waals surface area contributed by atoms with Gasteiger partial charge in [-0.25, -0.2) is 9.37 Å². The fraction of sp³-hybridized carbons (Fsp3) is 0.625. The first-order valence-electron chi connectivity index (χ1n) is 3.82. The minimum atomic E-state index is -1.35. The lowest BCUT2D eigenvalue weighted by atomic mass is 10.2. The van der Waals surface area contributed by atoms with Gasteiger partial charge in [-0.2, -0.15) is 0 Å². The molecule has 68 valence electrons. The second kappa shape index (κ2) is 3.11. The molecule has 0 bridgehead atoms. The molecule has 4 heteroatoms. The van der Waals surface area contributed by atoms with Crippen LogP contribution in [0.3, 0.4) is 0 Å². The van der Waals surface area contributed by atoms with Crippen LogP contribution in [0.2, 0.25) is 0 Å². The van der Waals surface area contributed by atoms with Crippen molar-refractivity contribution in [3.8, 4) is 0 Å². The fourth-order valence-corrected chi connectivity index (χ4v) is 1.63. The molecule has 0 aromatic carbocycles. The molecule has 2 N–H and O–H groups in total. The lowest BCUT2D eigenvalue weighted by Gasteiger charge is -2.08. The van der Waals surface area contributed by atoms with Crippen molar-refractivity contribution in [2.24, 2.45) is 5.73 Å². The van der Waals surface area contributed by atoms with Crippen molar-refractivity contribution >= 4 is 11.3 Å². The molecule has 0 radical (unpaired) electrons. The smallest absolute Gasteiger partial charge is 0.156 e. The Kier molecular flexibility index (Phi) is 2.49. The predicted octanol–water partition coefficient (Wildman–Crippen LogP) is 2.37. The van der Waals surface area contributed by atoms with Crippen molar-refractivity contribution in [2.45, 2.75) is 32.5 Å². The van der Waals surface area contributed by atoms with E-state index in [9.17, 15) is 4.39 Å². The van der Waals surface area contributed by atoms with Gasteiger partial charge < -0.3 is 5.73 Å². The predicted molar refractivity (Wildman–Crippen MR) is 48.9 cm³/mol. The molecule has 1 aromatic rings. The van der Waals surface area contributed by atoms with E-state index >= 15 is 0 Å². The summed E-state index contributed by atoms with van der Waals surface area (Å²) in [7, 11) is 0. The van der Waals surface area contributed by atoms with Gasteiger partial charge in [0, 0.05) is 17.1 Å². The van der Waals surface area contributed by atoms with Crippen LogP contribution in [0.15, 0.2) is 6.20 Å². The van der Waals surface area contributed by atoms with E-state index in [0.29, 0.717) is 5.01 Å². The molecule has 1 aromatic heterocycles. The molecule has 1 unspecified atom stereocenters. The number of rotatable bonds is 2. The second-order valence-electron chi connectivity index (χ2n) is 3.33. The number of alkyl halides is 1. The van der Waals surface area contributed by atoms with Gasteiger partial charge in [0.2, 0.25) is 0 Å². The Labute approximate surface area is 75.6 Å². The topological polar surface area (TPSA) is 38.9 Å². The van der Waals surface area contributed by atoms with E-state index in [2.05, 4.69) is 4.98 Å². The molecule has 1 atom stereocenters. The molecule has 0 aliphatic rings. The molecular formula is C8H13FN2S. The second-order valence-corrected chi connectivity index (χ2v) is 4.39. The Morgan fingerprint density at radius 3 is 2.50 bits per heavy atom. The molecule has 0 aliphatic carbocycles. The molecular weight excluding hydrogens is 175 g/mol. The number of halogens is 1. The third kappa shape index (κ3) is 2.01. The summed E-state index contributed by atoms with van der Waals surface area (Å²) in [6.07, 6.45) is 1.64. The monoisotopic (exact) mass is 188 g/mol. The summed E-state index contributed by atoms with van der Waals surface area (Å²) < 4.78 is 13.3. The average molecular weight is 188 g/mol. The van der Waals surface area contributed by atoms with Gasteiger partial charge in [-0.05, 0) is 20.8 Å².